The maximum atomic E-state index is 13.7. The first-order valence-electron chi connectivity index (χ1n) is 10.4. The largest absolute Gasteiger partial charge is 0.496 e. The Labute approximate surface area is 162 Å². The summed E-state index contributed by atoms with van der Waals surface area (Å²) in [5.74, 6) is 3.28. The monoisotopic (exact) mass is 368 g/mol. The van der Waals surface area contributed by atoms with E-state index in [0.29, 0.717) is 23.4 Å². The van der Waals surface area contributed by atoms with E-state index in [9.17, 15) is 4.79 Å². The molecule has 0 bridgehead atoms. The van der Waals surface area contributed by atoms with Gasteiger partial charge in [0, 0.05) is 23.0 Å². The van der Waals surface area contributed by atoms with Gasteiger partial charge in [0.1, 0.15) is 11.4 Å². The summed E-state index contributed by atoms with van der Waals surface area (Å²) in [5.41, 5.74) is 1.57. The number of benzene rings is 1. The van der Waals surface area contributed by atoms with Crippen LogP contribution in [0.15, 0.2) is 24.3 Å². The molecule has 4 nitrogen and oxygen atoms in total. The van der Waals surface area contributed by atoms with E-state index in [1.54, 1.807) is 7.11 Å². The topological polar surface area (TPSA) is 45.3 Å². The van der Waals surface area contributed by atoms with Crippen molar-refractivity contribution < 1.29 is 9.53 Å². The molecule has 1 N–H and O–H groups in total. The molecule has 0 radical (unpaired) electrons. The molecule has 27 heavy (non-hydrogen) atoms. The number of aromatic amines is 1. The third-order valence-corrected chi connectivity index (χ3v) is 7.12. The van der Waals surface area contributed by atoms with E-state index in [-0.39, 0.29) is 11.4 Å². The Hall–Kier alpha value is -1.97. The molecule has 2 aromatic rings. The number of amides is 1. The number of H-pyrrole nitrogens is 1. The predicted octanol–water partition coefficient (Wildman–Crippen LogP) is 5.10. The number of fused-ring (bicyclic) bond motifs is 1. The average molecular weight is 369 g/mol. The van der Waals surface area contributed by atoms with Crippen LogP contribution in [0.25, 0.3) is 10.9 Å². The number of aromatic nitrogens is 1. The highest BCUT2D eigenvalue weighted by molar-refractivity contribution is 6.00. The van der Waals surface area contributed by atoms with Gasteiger partial charge < -0.3 is 14.6 Å². The van der Waals surface area contributed by atoms with Crippen molar-refractivity contribution in [3.63, 3.8) is 0 Å². The maximum Gasteiger partial charge on any atom is 0.270 e. The van der Waals surface area contributed by atoms with Crippen LogP contribution in [0.1, 0.15) is 57.4 Å². The number of carbonyl (C=O) groups excluding carboxylic acids is 1. The van der Waals surface area contributed by atoms with Crippen LogP contribution in [0.5, 0.6) is 5.75 Å². The fourth-order valence-corrected chi connectivity index (χ4v) is 5.48. The Bertz CT molecular complexity index is 839. The number of rotatable bonds is 5. The second kappa shape index (κ2) is 6.57. The van der Waals surface area contributed by atoms with Crippen LogP contribution in [0.4, 0.5) is 0 Å². The zero-order valence-electron chi connectivity index (χ0n) is 17.2. The fourth-order valence-electron chi connectivity index (χ4n) is 5.48. The van der Waals surface area contributed by atoms with Gasteiger partial charge in [-0.3, -0.25) is 4.79 Å². The fraction of sp³-hybridized carbons (Fsp3) is 0.609. The normalized spacial score (nSPS) is 22.2. The quantitative estimate of drug-likeness (QED) is 0.798. The molecule has 4 heteroatoms. The molecular formula is C23H32N2O2. The van der Waals surface area contributed by atoms with Crippen LogP contribution in [-0.4, -0.2) is 35.0 Å². The van der Waals surface area contributed by atoms with Gasteiger partial charge in [0.05, 0.1) is 7.11 Å². The SMILES string of the molecule is COc1cccc2[nH]c(C(=O)N3CC(C4CC4)CC3(C(C)C)C(C)C)cc12. The zero-order valence-corrected chi connectivity index (χ0v) is 17.2. The number of hydrogen-bond acceptors (Lipinski definition) is 2. The lowest BCUT2D eigenvalue weighted by Gasteiger charge is -2.45. The summed E-state index contributed by atoms with van der Waals surface area (Å²) in [6.45, 7) is 10.0. The number of likely N-dealkylation sites (tertiary alicyclic amines) is 1. The molecule has 2 aliphatic rings. The van der Waals surface area contributed by atoms with Crippen LogP contribution in [0.3, 0.4) is 0 Å². The van der Waals surface area contributed by atoms with E-state index in [1.807, 2.05) is 24.3 Å². The van der Waals surface area contributed by atoms with Gasteiger partial charge in [-0.05, 0) is 61.1 Å². The summed E-state index contributed by atoms with van der Waals surface area (Å²) < 4.78 is 5.48. The molecule has 0 spiro atoms. The van der Waals surface area contributed by atoms with Crippen molar-refractivity contribution in [1.82, 2.24) is 9.88 Å². The van der Waals surface area contributed by atoms with Crippen molar-refractivity contribution >= 4 is 16.8 Å². The van der Waals surface area contributed by atoms with Gasteiger partial charge in [-0.25, -0.2) is 0 Å². The van der Waals surface area contributed by atoms with Gasteiger partial charge in [0.2, 0.25) is 0 Å². The Morgan fingerprint density at radius 1 is 1.19 bits per heavy atom. The highest BCUT2D eigenvalue weighted by Gasteiger charge is 2.54. The van der Waals surface area contributed by atoms with Crippen molar-refractivity contribution in [3.05, 3.63) is 30.0 Å². The minimum absolute atomic E-state index is 0.0638. The molecule has 2 heterocycles. The molecule has 1 unspecified atom stereocenters. The van der Waals surface area contributed by atoms with Crippen molar-refractivity contribution in [1.29, 1.82) is 0 Å². The van der Waals surface area contributed by atoms with Crippen molar-refractivity contribution in [2.24, 2.45) is 23.7 Å². The van der Waals surface area contributed by atoms with Crippen LogP contribution in [0.2, 0.25) is 0 Å². The second-order valence-corrected chi connectivity index (χ2v) is 9.12. The molecular weight excluding hydrogens is 336 g/mol. The van der Waals surface area contributed by atoms with E-state index >= 15 is 0 Å². The van der Waals surface area contributed by atoms with Crippen molar-refractivity contribution in [3.8, 4) is 5.75 Å². The molecule has 4 rings (SSSR count). The third kappa shape index (κ3) is 2.84. The van der Waals surface area contributed by atoms with E-state index in [0.717, 1.165) is 35.5 Å². The van der Waals surface area contributed by atoms with Gasteiger partial charge in [-0.15, -0.1) is 0 Å². The third-order valence-electron chi connectivity index (χ3n) is 7.12. The van der Waals surface area contributed by atoms with Gasteiger partial charge in [0.15, 0.2) is 0 Å². The van der Waals surface area contributed by atoms with Crippen LogP contribution in [-0.2, 0) is 0 Å². The van der Waals surface area contributed by atoms with Gasteiger partial charge in [-0.2, -0.15) is 0 Å². The van der Waals surface area contributed by atoms with E-state index in [1.165, 1.54) is 12.8 Å². The van der Waals surface area contributed by atoms with E-state index in [4.69, 9.17) is 4.74 Å². The summed E-state index contributed by atoms with van der Waals surface area (Å²) in [6.07, 6.45) is 3.81. The number of carbonyl (C=O) groups is 1. The standard InChI is InChI=1S/C23H32N2O2/c1-14(2)23(15(3)4)12-17(16-9-10-16)13-25(23)22(26)20-11-18-19(24-20)7-6-8-21(18)27-5/h6-8,11,14-17,24H,9-10,12-13H2,1-5H3. The van der Waals surface area contributed by atoms with E-state index in [2.05, 4.69) is 37.6 Å². The van der Waals surface area contributed by atoms with Crippen molar-refractivity contribution in [2.45, 2.75) is 52.5 Å². The molecule has 1 aromatic carbocycles. The van der Waals surface area contributed by atoms with Gasteiger partial charge in [-0.1, -0.05) is 33.8 Å². The number of nitrogens with one attached hydrogen (secondary N) is 1. The Morgan fingerprint density at radius 3 is 2.48 bits per heavy atom. The number of ether oxygens (including phenoxy) is 1. The zero-order chi connectivity index (χ0) is 19.3. The lowest BCUT2D eigenvalue weighted by atomic mass is 9.73. The van der Waals surface area contributed by atoms with Crippen molar-refractivity contribution in [2.75, 3.05) is 13.7 Å². The summed E-state index contributed by atoms with van der Waals surface area (Å²) >= 11 is 0. The number of hydrogen-bond donors (Lipinski definition) is 1. The van der Waals surface area contributed by atoms with Gasteiger partial charge >= 0.3 is 0 Å². The average Bonchev–Trinajstić information content (AvgIpc) is 3.26. The number of nitrogens with zero attached hydrogens (tertiary/aromatic N) is 1. The predicted molar refractivity (Wildman–Crippen MR) is 109 cm³/mol. The summed E-state index contributed by atoms with van der Waals surface area (Å²) in [7, 11) is 1.67. The summed E-state index contributed by atoms with van der Waals surface area (Å²) in [5, 5.41) is 0.973. The molecule has 2 fully saturated rings. The molecule has 1 saturated heterocycles. The lowest BCUT2D eigenvalue weighted by molar-refractivity contribution is 0.0291. The Kier molecular flexibility index (Phi) is 4.48. The van der Waals surface area contributed by atoms with E-state index < -0.39 is 0 Å². The highest BCUT2D eigenvalue weighted by Crippen LogP contribution is 2.52. The van der Waals surface area contributed by atoms with Crippen LogP contribution < -0.4 is 4.74 Å². The summed E-state index contributed by atoms with van der Waals surface area (Å²) in [4.78, 5) is 19.2. The Balaban J connectivity index is 1.74. The lowest BCUT2D eigenvalue weighted by Crippen LogP contribution is -2.54. The molecule has 1 atom stereocenters. The first-order valence-corrected chi connectivity index (χ1v) is 10.4. The molecule has 1 aromatic heterocycles. The molecule has 1 amide bonds. The molecule has 1 aliphatic heterocycles. The molecule has 1 aliphatic carbocycles. The van der Waals surface area contributed by atoms with Gasteiger partial charge in [0.25, 0.3) is 5.91 Å². The maximum absolute atomic E-state index is 13.7. The minimum atomic E-state index is -0.0638. The molecule has 146 valence electrons. The first-order chi connectivity index (χ1) is 12.9. The second-order valence-electron chi connectivity index (χ2n) is 9.12. The summed E-state index contributed by atoms with van der Waals surface area (Å²) in [6, 6.07) is 7.86. The number of methoxy groups -OCH3 is 1. The first kappa shape index (κ1) is 18.4. The highest BCUT2D eigenvalue weighted by atomic mass is 16.5. The Morgan fingerprint density at radius 2 is 1.89 bits per heavy atom. The van der Waals surface area contributed by atoms with Crippen LogP contribution in [0, 0.1) is 23.7 Å². The minimum Gasteiger partial charge on any atom is -0.496 e. The smallest absolute Gasteiger partial charge is 0.270 e. The van der Waals surface area contributed by atoms with Crippen LogP contribution >= 0.6 is 0 Å². The molecule has 1 saturated carbocycles.